The number of rotatable bonds is 4. The van der Waals surface area contributed by atoms with E-state index in [4.69, 9.17) is 5.11 Å². The van der Waals surface area contributed by atoms with E-state index >= 15 is 0 Å². The van der Waals surface area contributed by atoms with E-state index in [1.54, 1.807) is 6.07 Å². The van der Waals surface area contributed by atoms with Gasteiger partial charge in [0.15, 0.2) is 5.75 Å². The van der Waals surface area contributed by atoms with E-state index < -0.39 is 4.92 Å². The molecule has 0 aromatic heterocycles. The summed E-state index contributed by atoms with van der Waals surface area (Å²) in [7, 11) is 0. The van der Waals surface area contributed by atoms with E-state index in [0.717, 1.165) is 6.29 Å². The molecule has 0 atom stereocenters. The summed E-state index contributed by atoms with van der Waals surface area (Å²) in [6.07, 6.45) is 1.52. The first-order valence-corrected chi connectivity index (χ1v) is 4.05. The minimum Gasteiger partial charge on any atom is -0.502 e. The predicted octanol–water partition coefficient (Wildman–Crippen LogP) is 1.43. The van der Waals surface area contributed by atoms with Gasteiger partial charge in [0.2, 0.25) is 0 Å². The van der Waals surface area contributed by atoms with Crippen LogP contribution in [0, 0.1) is 10.1 Å². The quantitative estimate of drug-likeness (QED) is 0.447. The van der Waals surface area contributed by atoms with E-state index in [9.17, 15) is 14.9 Å². The molecule has 1 aromatic carbocycles. The smallest absolute Gasteiger partial charge is 0.310 e. The van der Waals surface area contributed by atoms with Crippen LogP contribution in [0.15, 0.2) is 18.2 Å². The van der Waals surface area contributed by atoms with Gasteiger partial charge in [-0.1, -0.05) is 6.07 Å². The second kappa shape index (κ2) is 4.36. The first-order chi connectivity index (χ1) is 6.65. The summed E-state index contributed by atoms with van der Waals surface area (Å²) in [5.74, 6) is -0.357. The van der Waals surface area contributed by atoms with Crippen LogP contribution in [0.25, 0.3) is 0 Å². The monoisotopic (exact) mass is 195 g/mol. The minimum absolute atomic E-state index is 0.321. The van der Waals surface area contributed by atoms with E-state index in [-0.39, 0.29) is 11.4 Å². The summed E-state index contributed by atoms with van der Waals surface area (Å²) in [6, 6.07) is 4.10. The molecular formula is C9H9NO4. The van der Waals surface area contributed by atoms with Gasteiger partial charge >= 0.3 is 5.69 Å². The third kappa shape index (κ3) is 2.29. The van der Waals surface area contributed by atoms with Crippen molar-refractivity contribution in [2.45, 2.75) is 12.8 Å². The van der Waals surface area contributed by atoms with Crippen molar-refractivity contribution in [2.24, 2.45) is 0 Å². The standard InChI is InChI=1S/C9H9NO4/c11-5-1-2-7-3-4-9(12)8(6-7)10(13)14/h3-6,12H,1-2H2. The number of nitrogens with zero attached hydrogens (tertiary/aromatic N) is 1. The summed E-state index contributed by atoms with van der Waals surface area (Å²) in [5.41, 5.74) is 0.343. The lowest BCUT2D eigenvalue weighted by Gasteiger charge is -1.99. The number of aryl methyl sites for hydroxylation is 1. The van der Waals surface area contributed by atoms with Gasteiger partial charge < -0.3 is 9.90 Å². The second-order valence-electron chi connectivity index (χ2n) is 2.79. The Balaban J connectivity index is 2.94. The lowest BCUT2D eigenvalue weighted by molar-refractivity contribution is -0.385. The topological polar surface area (TPSA) is 80.4 Å². The van der Waals surface area contributed by atoms with Gasteiger partial charge in [0.25, 0.3) is 0 Å². The van der Waals surface area contributed by atoms with E-state index in [2.05, 4.69) is 0 Å². The Bertz CT molecular complexity index is 362. The van der Waals surface area contributed by atoms with Crippen molar-refractivity contribution in [3.05, 3.63) is 33.9 Å². The first-order valence-electron chi connectivity index (χ1n) is 4.05. The molecule has 0 heterocycles. The molecule has 1 rings (SSSR count). The van der Waals surface area contributed by atoms with Gasteiger partial charge in [0.05, 0.1) is 4.92 Å². The summed E-state index contributed by atoms with van der Waals surface area (Å²) in [5, 5.41) is 19.5. The number of nitro groups is 1. The summed E-state index contributed by atoms with van der Waals surface area (Å²) in [4.78, 5) is 19.9. The van der Waals surface area contributed by atoms with Gasteiger partial charge in [-0.05, 0) is 18.1 Å². The molecule has 0 saturated heterocycles. The van der Waals surface area contributed by atoms with Crippen molar-refractivity contribution in [3.63, 3.8) is 0 Å². The maximum Gasteiger partial charge on any atom is 0.310 e. The van der Waals surface area contributed by atoms with Crippen molar-refractivity contribution < 1.29 is 14.8 Å². The van der Waals surface area contributed by atoms with Gasteiger partial charge in [-0.15, -0.1) is 0 Å². The van der Waals surface area contributed by atoms with Crippen LogP contribution in [0.4, 0.5) is 5.69 Å². The Hall–Kier alpha value is -1.91. The minimum atomic E-state index is -0.653. The molecule has 0 aliphatic carbocycles. The molecule has 0 unspecified atom stereocenters. The molecule has 5 heteroatoms. The SMILES string of the molecule is O=CCCc1ccc(O)c([N+](=O)[O-])c1. The van der Waals surface area contributed by atoms with Crippen molar-refractivity contribution in [2.75, 3.05) is 0 Å². The lowest BCUT2D eigenvalue weighted by atomic mass is 10.1. The van der Waals surface area contributed by atoms with Gasteiger partial charge in [-0.25, -0.2) is 0 Å². The van der Waals surface area contributed by atoms with Gasteiger partial charge in [-0.2, -0.15) is 0 Å². The molecule has 0 spiro atoms. The van der Waals surface area contributed by atoms with Gasteiger partial charge in [-0.3, -0.25) is 10.1 Å². The number of hydrogen-bond acceptors (Lipinski definition) is 4. The molecule has 0 fully saturated rings. The highest BCUT2D eigenvalue weighted by atomic mass is 16.6. The van der Waals surface area contributed by atoms with Gasteiger partial charge in [0.1, 0.15) is 6.29 Å². The molecule has 14 heavy (non-hydrogen) atoms. The molecule has 0 bridgehead atoms. The van der Waals surface area contributed by atoms with Crippen LogP contribution >= 0.6 is 0 Å². The Morgan fingerprint density at radius 3 is 2.79 bits per heavy atom. The van der Waals surface area contributed by atoms with Crippen molar-refractivity contribution in [1.82, 2.24) is 0 Å². The summed E-state index contributed by atoms with van der Waals surface area (Å²) in [6.45, 7) is 0. The van der Waals surface area contributed by atoms with Crippen LogP contribution in [-0.2, 0) is 11.2 Å². The van der Waals surface area contributed by atoms with Crippen molar-refractivity contribution >= 4 is 12.0 Å². The molecule has 0 amide bonds. The molecule has 1 N–H and O–H groups in total. The Morgan fingerprint density at radius 1 is 1.50 bits per heavy atom. The van der Waals surface area contributed by atoms with Crippen LogP contribution in [0.2, 0.25) is 0 Å². The maximum absolute atomic E-state index is 10.4. The normalized spacial score (nSPS) is 9.71. The van der Waals surface area contributed by atoms with Crippen LogP contribution in [0.1, 0.15) is 12.0 Å². The van der Waals surface area contributed by atoms with Crippen molar-refractivity contribution in [1.29, 1.82) is 0 Å². The zero-order valence-electron chi connectivity index (χ0n) is 7.34. The number of carbonyl (C=O) groups is 1. The zero-order valence-corrected chi connectivity index (χ0v) is 7.34. The number of aromatic hydroxyl groups is 1. The van der Waals surface area contributed by atoms with E-state index in [1.807, 2.05) is 0 Å². The fourth-order valence-electron chi connectivity index (χ4n) is 1.10. The number of phenols is 1. The summed E-state index contributed by atoms with van der Waals surface area (Å²) < 4.78 is 0. The van der Waals surface area contributed by atoms with E-state index in [0.29, 0.717) is 18.4 Å². The third-order valence-corrected chi connectivity index (χ3v) is 1.79. The Morgan fingerprint density at radius 2 is 2.21 bits per heavy atom. The highest BCUT2D eigenvalue weighted by Crippen LogP contribution is 2.26. The van der Waals surface area contributed by atoms with Gasteiger partial charge in [0, 0.05) is 12.5 Å². The zero-order chi connectivity index (χ0) is 10.6. The molecule has 0 aliphatic heterocycles. The first kappa shape index (κ1) is 10.2. The van der Waals surface area contributed by atoms with Crippen LogP contribution < -0.4 is 0 Å². The fourth-order valence-corrected chi connectivity index (χ4v) is 1.10. The average Bonchev–Trinajstić information content (AvgIpc) is 2.16. The Kier molecular flexibility index (Phi) is 3.17. The van der Waals surface area contributed by atoms with E-state index in [1.165, 1.54) is 12.1 Å². The molecule has 5 nitrogen and oxygen atoms in total. The number of aldehydes is 1. The molecular weight excluding hydrogens is 186 g/mol. The molecule has 74 valence electrons. The Labute approximate surface area is 80.1 Å². The highest BCUT2D eigenvalue weighted by molar-refractivity contribution is 5.52. The maximum atomic E-state index is 10.4. The molecule has 0 radical (unpaired) electrons. The number of carbonyl (C=O) groups excluding carboxylic acids is 1. The lowest BCUT2D eigenvalue weighted by Crippen LogP contribution is -1.92. The molecule has 1 aromatic rings. The largest absolute Gasteiger partial charge is 0.502 e. The predicted molar refractivity (Wildman–Crippen MR) is 49.1 cm³/mol. The van der Waals surface area contributed by atoms with Crippen molar-refractivity contribution in [3.8, 4) is 5.75 Å². The molecule has 0 saturated carbocycles. The number of nitro benzene ring substituents is 1. The summed E-state index contributed by atoms with van der Waals surface area (Å²) >= 11 is 0. The van der Waals surface area contributed by atoms with Crippen LogP contribution in [0.3, 0.4) is 0 Å². The van der Waals surface area contributed by atoms with Crippen LogP contribution in [-0.4, -0.2) is 16.3 Å². The number of phenolic OH excluding ortho intramolecular Hbond substituents is 1. The van der Waals surface area contributed by atoms with Crippen LogP contribution in [0.5, 0.6) is 5.75 Å². The number of hydrogen-bond donors (Lipinski definition) is 1. The average molecular weight is 195 g/mol. The third-order valence-electron chi connectivity index (χ3n) is 1.79. The second-order valence-corrected chi connectivity index (χ2v) is 2.79. The highest BCUT2D eigenvalue weighted by Gasteiger charge is 2.12. The molecule has 0 aliphatic rings. The number of benzene rings is 1. The fraction of sp³-hybridized carbons (Fsp3) is 0.222.